The van der Waals surface area contributed by atoms with Crippen molar-refractivity contribution in [1.82, 2.24) is 4.98 Å². The molecule has 1 aromatic heterocycles. The molecule has 1 N–H and O–H groups in total. The number of hydrogen-bond acceptors (Lipinski definition) is 4. The van der Waals surface area contributed by atoms with E-state index >= 15 is 0 Å². The zero-order valence-electron chi connectivity index (χ0n) is 10.4. The molecule has 1 aromatic carbocycles. The summed E-state index contributed by atoms with van der Waals surface area (Å²) in [5.41, 5.74) is 1.62. The lowest BCUT2D eigenvalue weighted by molar-refractivity contribution is 0.0130. The summed E-state index contributed by atoms with van der Waals surface area (Å²) in [6.07, 6.45) is 1.06. The lowest BCUT2D eigenvalue weighted by Gasteiger charge is -2.13. The average Bonchev–Trinajstić information content (AvgIpc) is 2.43. The van der Waals surface area contributed by atoms with Gasteiger partial charge < -0.3 is 14.6 Å². The SMILES string of the molecule is COCCOCC(O)c1cccc2cccnc12. The second-order valence-electron chi connectivity index (χ2n) is 4.01. The fraction of sp³-hybridized carbons (Fsp3) is 0.357. The first-order valence-electron chi connectivity index (χ1n) is 5.91. The van der Waals surface area contributed by atoms with Gasteiger partial charge in [-0.15, -0.1) is 0 Å². The summed E-state index contributed by atoms with van der Waals surface area (Å²) >= 11 is 0. The molecule has 96 valence electrons. The number of fused-ring (bicyclic) bond motifs is 1. The van der Waals surface area contributed by atoms with Gasteiger partial charge in [-0.25, -0.2) is 0 Å². The van der Waals surface area contributed by atoms with E-state index in [1.54, 1.807) is 13.3 Å². The van der Waals surface area contributed by atoms with Crippen molar-refractivity contribution >= 4 is 10.9 Å². The number of ether oxygens (including phenoxy) is 2. The van der Waals surface area contributed by atoms with Crippen LogP contribution in [0.25, 0.3) is 10.9 Å². The van der Waals surface area contributed by atoms with Gasteiger partial charge in [-0.1, -0.05) is 24.3 Å². The third-order valence-corrected chi connectivity index (χ3v) is 2.73. The summed E-state index contributed by atoms with van der Waals surface area (Å²) in [4.78, 5) is 4.31. The van der Waals surface area contributed by atoms with Gasteiger partial charge in [0.1, 0.15) is 6.10 Å². The highest BCUT2D eigenvalue weighted by Crippen LogP contribution is 2.22. The Kier molecular flexibility index (Phi) is 4.64. The molecule has 2 aromatic rings. The second-order valence-corrected chi connectivity index (χ2v) is 4.01. The van der Waals surface area contributed by atoms with Crippen LogP contribution in [-0.4, -0.2) is 37.0 Å². The van der Waals surface area contributed by atoms with Crippen LogP contribution in [0.2, 0.25) is 0 Å². The fourth-order valence-electron chi connectivity index (χ4n) is 1.82. The molecule has 0 aliphatic carbocycles. The van der Waals surface area contributed by atoms with Gasteiger partial charge in [0.05, 0.1) is 25.3 Å². The molecule has 1 unspecified atom stereocenters. The largest absolute Gasteiger partial charge is 0.386 e. The molecule has 0 spiro atoms. The number of methoxy groups -OCH3 is 1. The third-order valence-electron chi connectivity index (χ3n) is 2.73. The first-order valence-corrected chi connectivity index (χ1v) is 5.91. The summed E-state index contributed by atoms with van der Waals surface area (Å²) in [6, 6.07) is 9.62. The minimum Gasteiger partial charge on any atom is -0.386 e. The van der Waals surface area contributed by atoms with Gasteiger partial charge in [0.2, 0.25) is 0 Å². The van der Waals surface area contributed by atoms with Gasteiger partial charge >= 0.3 is 0 Å². The molecule has 0 aliphatic rings. The van der Waals surface area contributed by atoms with Crippen molar-refractivity contribution in [3.05, 3.63) is 42.1 Å². The predicted octanol–water partition coefficient (Wildman–Crippen LogP) is 1.93. The maximum absolute atomic E-state index is 10.1. The van der Waals surface area contributed by atoms with Crippen molar-refractivity contribution in [2.45, 2.75) is 6.10 Å². The number of aliphatic hydroxyl groups excluding tert-OH is 1. The van der Waals surface area contributed by atoms with E-state index in [9.17, 15) is 5.11 Å². The lowest BCUT2D eigenvalue weighted by atomic mass is 10.1. The Morgan fingerprint density at radius 3 is 2.89 bits per heavy atom. The van der Waals surface area contributed by atoms with Crippen LogP contribution >= 0.6 is 0 Å². The molecule has 1 heterocycles. The summed E-state index contributed by atoms with van der Waals surface area (Å²) in [6.45, 7) is 1.26. The van der Waals surface area contributed by atoms with Crippen LogP contribution in [0.3, 0.4) is 0 Å². The highest BCUT2D eigenvalue weighted by atomic mass is 16.5. The molecule has 0 aliphatic heterocycles. The van der Waals surface area contributed by atoms with Gasteiger partial charge in [0, 0.05) is 24.3 Å². The molecule has 4 heteroatoms. The molecule has 0 radical (unpaired) electrons. The Labute approximate surface area is 106 Å². The lowest BCUT2D eigenvalue weighted by Crippen LogP contribution is -2.11. The smallest absolute Gasteiger partial charge is 0.104 e. The first kappa shape index (κ1) is 13.0. The van der Waals surface area contributed by atoms with Crippen molar-refractivity contribution in [2.75, 3.05) is 26.9 Å². The predicted molar refractivity (Wildman–Crippen MR) is 69.4 cm³/mol. The van der Waals surface area contributed by atoms with Gasteiger partial charge in [0.15, 0.2) is 0 Å². The maximum Gasteiger partial charge on any atom is 0.104 e. The molecule has 0 bridgehead atoms. The molecule has 0 saturated heterocycles. The number of hydrogen-bond donors (Lipinski definition) is 1. The average molecular weight is 247 g/mol. The molecule has 4 nitrogen and oxygen atoms in total. The number of aromatic nitrogens is 1. The van der Waals surface area contributed by atoms with Crippen LogP contribution in [0.1, 0.15) is 11.7 Å². The number of aliphatic hydroxyl groups is 1. The van der Waals surface area contributed by atoms with Crippen LogP contribution in [0.4, 0.5) is 0 Å². The van der Waals surface area contributed by atoms with Crippen molar-refractivity contribution in [2.24, 2.45) is 0 Å². The number of benzene rings is 1. The Hall–Kier alpha value is -1.49. The van der Waals surface area contributed by atoms with Crippen molar-refractivity contribution in [3.63, 3.8) is 0 Å². The Balaban J connectivity index is 2.10. The summed E-state index contributed by atoms with van der Waals surface area (Å²) < 4.78 is 10.2. The van der Waals surface area contributed by atoms with Crippen molar-refractivity contribution in [1.29, 1.82) is 0 Å². The molecule has 18 heavy (non-hydrogen) atoms. The zero-order valence-corrected chi connectivity index (χ0v) is 10.4. The highest BCUT2D eigenvalue weighted by molar-refractivity contribution is 5.81. The van der Waals surface area contributed by atoms with E-state index in [4.69, 9.17) is 9.47 Å². The van der Waals surface area contributed by atoms with Crippen LogP contribution in [0, 0.1) is 0 Å². The highest BCUT2D eigenvalue weighted by Gasteiger charge is 2.11. The van der Waals surface area contributed by atoms with E-state index in [1.807, 2.05) is 30.3 Å². The van der Waals surface area contributed by atoms with E-state index in [0.29, 0.717) is 13.2 Å². The molecule has 0 fully saturated rings. The molecule has 2 rings (SSSR count). The monoisotopic (exact) mass is 247 g/mol. The molecule has 0 amide bonds. The van der Waals surface area contributed by atoms with Gasteiger partial charge in [-0.2, -0.15) is 0 Å². The van der Waals surface area contributed by atoms with Crippen molar-refractivity contribution in [3.8, 4) is 0 Å². The number of rotatable bonds is 6. The van der Waals surface area contributed by atoms with Crippen molar-refractivity contribution < 1.29 is 14.6 Å². The minimum absolute atomic E-state index is 0.249. The van der Waals surface area contributed by atoms with Crippen LogP contribution < -0.4 is 0 Å². The van der Waals surface area contributed by atoms with E-state index in [1.165, 1.54) is 0 Å². The Bertz CT molecular complexity index is 496. The Morgan fingerprint density at radius 2 is 2.06 bits per heavy atom. The number of nitrogens with zero attached hydrogens (tertiary/aromatic N) is 1. The molecule has 0 saturated carbocycles. The van der Waals surface area contributed by atoms with E-state index in [-0.39, 0.29) is 6.61 Å². The zero-order chi connectivity index (χ0) is 12.8. The molecular formula is C14H17NO3. The van der Waals surface area contributed by atoms with E-state index < -0.39 is 6.10 Å². The third kappa shape index (κ3) is 3.04. The number of para-hydroxylation sites is 1. The van der Waals surface area contributed by atoms with E-state index in [2.05, 4.69) is 4.98 Å². The number of pyridine rings is 1. The molecule has 1 atom stereocenters. The van der Waals surface area contributed by atoms with Gasteiger partial charge in [0.25, 0.3) is 0 Å². The topological polar surface area (TPSA) is 51.6 Å². The maximum atomic E-state index is 10.1. The van der Waals surface area contributed by atoms with Crippen LogP contribution in [0.5, 0.6) is 0 Å². The Morgan fingerprint density at radius 1 is 1.22 bits per heavy atom. The summed E-state index contributed by atoms with van der Waals surface area (Å²) in [7, 11) is 1.62. The first-order chi connectivity index (χ1) is 8.83. The molecular weight excluding hydrogens is 230 g/mol. The standard InChI is InChI=1S/C14H17NO3/c1-17-8-9-18-10-13(16)12-6-2-4-11-5-3-7-15-14(11)12/h2-7,13,16H,8-10H2,1H3. The quantitative estimate of drug-likeness (QED) is 0.792. The van der Waals surface area contributed by atoms with E-state index in [0.717, 1.165) is 16.5 Å². The fourth-order valence-corrected chi connectivity index (χ4v) is 1.82. The van der Waals surface area contributed by atoms with Crippen LogP contribution in [-0.2, 0) is 9.47 Å². The second kappa shape index (κ2) is 6.44. The normalized spacial score (nSPS) is 12.8. The summed E-state index contributed by atoms with van der Waals surface area (Å²) in [5.74, 6) is 0. The van der Waals surface area contributed by atoms with Gasteiger partial charge in [-0.05, 0) is 6.07 Å². The van der Waals surface area contributed by atoms with Gasteiger partial charge in [-0.3, -0.25) is 4.98 Å². The summed E-state index contributed by atoms with van der Waals surface area (Å²) in [5, 5.41) is 11.1. The minimum atomic E-state index is -0.666. The van der Waals surface area contributed by atoms with Crippen LogP contribution in [0.15, 0.2) is 36.5 Å².